The van der Waals surface area contributed by atoms with E-state index in [9.17, 15) is 27.9 Å². The van der Waals surface area contributed by atoms with E-state index in [-0.39, 0.29) is 23.6 Å². The summed E-state index contributed by atoms with van der Waals surface area (Å²) in [5.41, 5.74) is 2.89. The van der Waals surface area contributed by atoms with E-state index in [1.54, 1.807) is 30.3 Å². The van der Waals surface area contributed by atoms with Gasteiger partial charge in [-0.3, -0.25) is 14.6 Å². The number of unbranched alkanes of at least 4 members (excludes halogenated alkanes) is 2. The number of ketones is 1. The Morgan fingerprint density at radius 1 is 0.952 bits per heavy atom. The maximum Gasteiger partial charge on any atom is 0.326 e. The number of hydrogen-bond donors (Lipinski definition) is 2. The van der Waals surface area contributed by atoms with E-state index in [1.165, 1.54) is 30.7 Å². The lowest BCUT2D eigenvalue weighted by atomic mass is 9.99. The summed E-state index contributed by atoms with van der Waals surface area (Å²) in [4.78, 5) is 42.3. The molecule has 0 unspecified atom stereocenters. The number of nitrogens with zero attached hydrogens (tertiary/aromatic N) is 2. The average molecular weight is 596 g/mol. The van der Waals surface area contributed by atoms with Crippen LogP contribution in [0.1, 0.15) is 75.3 Å². The summed E-state index contributed by atoms with van der Waals surface area (Å²) in [5, 5.41) is 12.4. The van der Waals surface area contributed by atoms with Crippen LogP contribution in [-0.2, 0) is 37.2 Å². The Morgan fingerprint density at radius 2 is 1.69 bits per heavy atom. The van der Waals surface area contributed by atoms with Gasteiger partial charge in [-0.25, -0.2) is 13.2 Å². The standard InChI is InChI=1S/C32H41N3O6S/c36-27(12-4-1-3-10-26-11-7-8-20-33-26)22-24-16-18-25(19-17-24)23-29(32(38)39)34-31(37)30-15-9-21-35(30)42(40,41)28-13-5-2-6-14-28/h2,5-6,13-14,16-19,29-30H,1,3-4,7-12,15,20-23H2,(H,34,37)(H,38,39)/t29-,30-/m0/s1. The minimum Gasteiger partial charge on any atom is -0.480 e. The summed E-state index contributed by atoms with van der Waals surface area (Å²) in [5.74, 6) is -1.64. The van der Waals surface area contributed by atoms with Gasteiger partial charge in [0.15, 0.2) is 0 Å². The molecule has 0 aliphatic carbocycles. The van der Waals surface area contributed by atoms with Crippen molar-refractivity contribution in [3.63, 3.8) is 0 Å². The molecule has 2 aromatic rings. The maximum atomic E-state index is 13.1. The number of Topliss-reactive ketones (excluding diaryl/α,β-unsaturated/α-hetero) is 1. The molecule has 4 rings (SSSR count). The molecular weight excluding hydrogens is 554 g/mol. The van der Waals surface area contributed by atoms with Gasteiger partial charge in [0.05, 0.1) is 4.90 Å². The summed E-state index contributed by atoms with van der Waals surface area (Å²) < 4.78 is 27.4. The van der Waals surface area contributed by atoms with Gasteiger partial charge in [-0.1, -0.05) is 48.9 Å². The smallest absolute Gasteiger partial charge is 0.326 e. The van der Waals surface area contributed by atoms with Crippen LogP contribution < -0.4 is 5.32 Å². The number of sulfonamides is 1. The van der Waals surface area contributed by atoms with Crippen molar-refractivity contribution in [2.75, 3.05) is 13.1 Å². The van der Waals surface area contributed by atoms with E-state index in [2.05, 4.69) is 10.3 Å². The molecule has 0 bridgehead atoms. The lowest BCUT2D eigenvalue weighted by molar-refractivity contribution is -0.142. The molecule has 2 aromatic carbocycles. The average Bonchev–Trinajstić information content (AvgIpc) is 3.50. The highest BCUT2D eigenvalue weighted by Crippen LogP contribution is 2.26. The summed E-state index contributed by atoms with van der Waals surface area (Å²) in [6.07, 6.45) is 9.30. The lowest BCUT2D eigenvalue weighted by Crippen LogP contribution is -2.51. The highest BCUT2D eigenvalue weighted by Gasteiger charge is 2.40. The van der Waals surface area contributed by atoms with Crippen molar-refractivity contribution in [1.82, 2.24) is 9.62 Å². The molecular formula is C32H41N3O6S. The molecule has 0 aromatic heterocycles. The van der Waals surface area contributed by atoms with Gasteiger partial charge in [0.25, 0.3) is 0 Å². The van der Waals surface area contributed by atoms with Crippen LogP contribution in [0.25, 0.3) is 0 Å². The van der Waals surface area contributed by atoms with Crippen LogP contribution in [0.3, 0.4) is 0 Å². The topological polar surface area (TPSA) is 133 Å². The van der Waals surface area contributed by atoms with Crippen molar-refractivity contribution in [3.05, 3.63) is 65.7 Å². The third kappa shape index (κ3) is 8.82. The van der Waals surface area contributed by atoms with Gasteiger partial charge in [0.1, 0.15) is 17.9 Å². The van der Waals surface area contributed by atoms with Crippen molar-refractivity contribution in [1.29, 1.82) is 0 Å². The number of carbonyl (C=O) groups is 3. The molecule has 1 saturated heterocycles. The highest BCUT2D eigenvalue weighted by molar-refractivity contribution is 7.89. The number of carbonyl (C=O) groups excluding carboxylic acids is 2. The normalized spacial score (nSPS) is 18.3. The number of carboxylic acid groups (broad SMARTS) is 1. The Balaban J connectivity index is 1.25. The van der Waals surface area contributed by atoms with Gasteiger partial charge in [-0.2, -0.15) is 4.31 Å². The van der Waals surface area contributed by atoms with E-state index < -0.39 is 34.0 Å². The van der Waals surface area contributed by atoms with E-state index >= 15 is 0 Å². The second kappa shape index (κ2) is 15.2. The number of aliphatic carboxylic acids is 1. The Hall–Kier alpha value is -3.37. The zero-order valence-electron chi connectivity index (χ0n) is 24.0. The zero-order valence-corrected chi connectivity index (χ0v) is 24.9. The Kier molecular flexibility index (Phi) is 11.4. The predicted molar refractivity (Wildman–Crippen MR) is 161 cm³/mol. The Labute approximate surface area is 248 Å². The molecule has 1 fully saturated rings. The second-order valence-electron chi connectivity index (χ2n) is 11.2. The molecule has 2 atom stereocenters. The molecule has 0 spiro atoms. The van der Waals surface area contributed by atoms with Gasteiger partial charge in [0, 0.05) is 38.1 Å². The Bertz CT molecular complexity index is 1360. The molecule has 2 N–H and O–H groups in total. The molecule has 0 saturated carbocycles. The molecule has 9 nitrogen and oxygen atoms in total. The fourth-order valence-electron chi connectivity index (χ4n) is 5.62. The van der Waals surface area contributed by atoms with Crippen LogP contribution in [0.2, 0.25) is 0 Å². The number of hydrogen-bond acceptors (Lipinski definition) is 6. The number of amides is 1. The van der Waals surface area contributed by atoms with Gasteiger partial charge in [0.2, 0.25) is 15.9 Å². The monoisotopic (exact) mass is 595 g/mol. The van der Waals surface area contributed by atoms with E-state index in [4.69, 9.17) is 0 Å². The van der Waals surface area contributed by atoms with Crippen LogP contribution in [0.5, 0.6) is 0 Å². The Morgan fingerprint density at radius 3 is 2.38 bits per heavy atom. The fraction of sp³-hybridized carbons (Fsp3) is 0.500. The molecule has 42 heavy (non-hydrogen) atoms. The first kappa shape index (κ1) is 31.6. The largest absolute Gasteiger partial charge is 0.480 e. The van der Waals surface area contributed by atoms with Gasteiger partial charge in [-0.15, -0.1) is 0 Å². The summed E-state index contributed by atoms with van der Waals surface area (Å²) in [6.45, 7) is 1.15. The van der Waals surface area contributed by atoms with Crippen LogP contribution >= 0.6 is 0 Å². The molecule has 10 heteroatoms. The van der Waals surface area contributed by atoms with Crippen LogP contribution in [0.15, 0.2) is 64.5 Å². The minimum absolute atomic E-state index is 0.0404. The SMILES string of the molecule is O=C(CCCCCC1=NCCCC1)Cc1ccc(C[C@H](NC(=O)[C@@H]2CCCN2S(=O)(=O)c2ccccc2)C(=O)O)cc1. The number of benzene rings is 2. The zero-order chi connectivity index (χ0) is 30.0. The number of aliphatic imine (C=N–C) groups is 1. The van der Waals surface area contributed by atoms with Gasteiger partial charge in [-0.05, 0) is 74.6 Å². The van der Waals surface area contributed by atoms with Gasteiger partial charge >= 0.3 is 5.97 Å². The molecule has 2 aliphatic rings. The molecule has 0 radical (unpaired) electrons. The first-order valence-corrected chi connectivity index (χ1v) is 16.4. The van der Waals surface area contributed by atoms with Crippen molar-refractivity contribution < 1.29 is 27.9 Å². The van der Waals surface area contributed by atoms with Crippen molar-refractivity contribution >= 4 is 33.4 Å². The van der Waals surface area contributed by atoms with E-state index in [0.717, 1.165) is 48.5 Å². The van der Waals surface area contributed by atoms with Crippen molar-refractivity contribution in [2.24, 2.45) is 4.99 Å². The number of nitrogens with one attached hydrogen (secondary N) is 1. The van der Waals surface area contributed by atoms with Crippen LogP contribution in [0, 0.1) is 0 Å². The first-order valence-electron chi connectivity index (χ1n) is 15.0. The molecule has 2 heterocycles. The van der Waals surface area contributed by atoms with Gasteiger partial charge < -0.3 is 10.4 Å². The maximum absolute atomic E-state index is 13.1. The van der Waals surface area contributed by atoms with E-state index in [0.29, 0.717) is 31.2 Å². The third-order valence-corrected chi connectivity index (χ3v) is 9.89. The first-order chi connectivity index (χ1) is 20.2. The predicted octanol–water partition coefficient (Wildman–Crippen LogP) is 4.34. The highest BCUT2D eigenvalue weighted by atomic mass is 32.2. The number of rotatable bonds is 15. The summed E-state index contributed by atoms with van der Waals surface area (Å²) >= 11 is 0. The summed E-state index contributed by atoms with van der Waals surface area (Å²) in [6, 6.07) is 12.9. The minimum atomic E-state index is -3.88. The molecule has 226 valence electrons. The van der Waals surface area contributed by atoms with Crippen LogP contribution in [-0.4, -0.2) is 66.4 Å². The molecule has 1 amide bonds. The third-order valence-electron chi connectivity index (χ3n) is 7.96. The lowest BCUT2D eigenvalue weighted by Gasteiger charge is -2.25. The van der Waals surface area contributed by atoms with E-state index in [1.807, 2.05) is 12.1 Å². The fourth-order valence-corrected chi connectivity index (χ4v) is 7.30. The van der Waals surface area contributed by atoms with Crippen molar-refractivity contribution in [2.45, 2.75) is 94.0 Å². The number of carboxylic acids is 1. The quantitative estimate of drug-likeness (QED) is 0.294. The van der Waals surface area contributed by atoms with Crippen molar-refractivity contribution in [3.8, 4) is 0 Å². The van der Waals surface area contributed by atoms with Crippen LogP contribution in [0.4, 0.5) is 0 Å². The molecule has 2 aliphatic heterocycles. The summed E-state index contributed by atoms with van der Waals surface area (Å²) in [7, 11) is -3.88. The second-order valence-corrected chi connectivity index (χ2v) is 13.1.